The zero-order valence-electron chi connectivity index (χ0n) is 11.4. The van der Waals surface area contributed by atoms with Gasteiger partial charge in [-0.3, -0.25) is 9.36 Å². The molecule has 0 fully saturated rings. The standard InChI is InChI=1S/C13H16N4OS2/c1-4-5-17-12(10-6-19-9(3)8(10)2)15-16-13(17)20-7-11(14)18/h4,6H,1,5,7H2,2-3H3,(H2,14,18). The summed E-state index contributed by atoms with van der Waals surface area (Å²) in [7, 11) is 0. The number of carbonyl (C=O) groups excluding carboxylic acids is 1. The quantitative estimate of drug-likeness (QED) is 0.657. The first-order valence-electron chi connectivity index (χ1n) is 6.04. The number of allylic oxidation sites excluding steroid dienone is 1. The highest BCUT2D eigenvalue weighted by atomic mass is 32.2. The van der Waals surface area contributed by atoms with E-state index in [-0.39, 0.29) is 11.7 Å². The second-order valence-electron chi connectivity index (χ2n) is 4.29. The first-order chi connectivity index (χ1) is 9.54. The number of nitrogens with two attached hydrogens (primary N) is 1. The van der Waals surface area contributed by atoms with Crippen LogP contribution in [0.25, 0.3) is 11.4 Å². The van der Waals surface area contributed by atoms with E-state index in [2.05, 4.69) is 36.0 Å². The fraction of sp³-hybridized carbons (Fsp3) is 0.308. The van der Waals surface area contributed by atoms with E-state index in [0.29, 0.717) is 11.7 Å². The van der Waals surface area contributed by atoms with Crippen LogP contribution in [0.4, 0.5) is 0 Å². The third-order valence-electron chi connectivity index (χ3n) is 2.90. The number of thiophene rings is 1. The minimum absolute atomic E-state index is 0.191. The summed E-state index contributed by atoms with van der Waals surface area (Å²) in [6.45, 7) is 8.51. The van der Waals surface area contributed by atoms with Gasteiger partial charge in [-0.15, -0.1) is 28.1 Å². The fourth-order valence-electron chi connectivity index (χ4n) is 1.76. The first kappa shape index (κ1) is 14.8. The molecular weight excluding hydrogens is 292 g/mol. The second kappa shape index (κ2) is 6.23. The van der Waals surface area contributed by atoms with E-state index in [9.17, 15) is 4.79 Å². The van der Waals surface area contributed by atoms with Crippen molar-refractivity contribution < 1.29 is 4.79 Å². The summed E-state index contributed by atoms with van der Waals surface area (Å²) >= 11 is 2.99. The predicted octanol–water partition coefficient (Wildman–Crippen LogP) is 2.39. The van der Waals surface area contributed by atoms with Crippen molar-refractivity contribution in [3.63, 3.8) is 0 Å². The van der Waals surface area contributed by atoms with Crippen molar-refractivity contribution in [2.45, 2.75) is 25.5 Å². The van der Waals surface area contributed by atoms with Crippen LogP contribution in [0.1, 0.15) is 10.4 Å². The summed E-state index contributed by atoms with van der Waals surface area (Å²) in [5, 5.41) is 11.2. The molecule has 0 aliphatic carbocycles. The molecule has 2 aromatic rings. The Morgan fingerprint density at radius 1 is 1.55 bits per heavy atom. The number of hydrogen-bond donors (Lipinski definition) is 1. The van der Waals surface area contributed by atoms with Gasteiger partial charge in [0.25, 0.3) is 0 Å². The van der Waals surface area contributed by atoms with E-state index in [1.165, 1.54) is 22.2 Å². The van der Waals surface area contributed by atoms with Gasteiger partial charge in [-0.05, 0) is 19.4 Å². The number of rotatable bonds is 6. The van der Waals surface area contributed by atoms with Gasteiger partial charge in [0.15, 0.2) is 11.0 Å². The minimum Gasteiger partial charge on any atom is -0.369 e. The zero-order valence-corrected chi connectivity index (χ0v) is 13.1. The highest BCUT2D eigenvalue weighted by Crippen LogP contribution is 2.31. The van der Waals surface area contributed by atoms with Gasteiger partial charge in [-0.25, -0.2) is 0 Å². The Bertz CT molecular complexity index is 645. The molecule has 0 saturated carbocycles. The molecule has 1 amide bonds. The van der Waals surface area contributed by atoms with Gasteiger partial charge in [0.05, 0.1) is 5.75 Å². The maximum atomic E-state index is 10.9. The second-order valence-corrected chi connectivity index (χ2v) is 6.32. The Balaban J connectivity index is 2.40. The molecular formula is C13H16N4OS2. The lowest BCUT2D eigenvalue weighted by Gasteiger charge is -2.07. The number of nitrogens with zero attached hydrogens (tertiary/aromatic N) is 3. The number of primary amides is 1. The van der Waals surface area contributed by atoms with Crippen LogP contribution in [0, 0.1) is 13.8 Å². The minimum atomic E-state index is -0.368. The van der Waals surface area contributed by atoms with Crippen LogP contribution in [-0.4, -0.2) is 26.4 Å². The smallest absolute Gasteiger partial charge is 0.227 e. The van der Waals surface area contributed by atoms with Gasteiger partial charge in [0.2, 0.25) is 5.91 Å². The third-order valence-corrected chi connectivity index (χ3v) is 4.90. The summed E-state index contributed by atoms with van der Waals surface area (Å²) in [6.07, 6.45) is 1.79. The van der Waals surface area contributed by atoms with Gasteiger partial charge in [-0.1, -0.05) is 17.8 Å². The van der Waals surface area contributed by atoms with Crippen LogP contribution in [0.5, 0.6) is 0 Å². The zero-order chi connectivity index (χ0) is 14.7. The molecule has 5 nitrogen and oxygen atoms in total. The normalized spacial score (nSPS) is 10.7. The van der Waals surface area contributed by atoms with Crippen LogP contribution in [0.15, 0.2) is 23.2 Å². The van der Waals surface area contributed by atoms with Gasteiger partial charge < -0.3 is 5.73 Å². The van der Waals surface area contributed by atoms with Crippen molar-refractivity contribution in [2.75, 3.05) is 5.75 Å². The van der Waals surface area contributed by atoms with Crippen LogP contribution >= 0.6 is 23.1 Å². The van der Waals surface area contributed by atoms with Crippen LogP contribution in [-0.2, 0) is 11.3 Å². The van der Waals surface area contributed by atoms with Gasteiger partial charge in [-0.2, -0.15) is 0 Å². The summed E-state index contributed by atoms with van der Waals surface area (Å²) in [6, 6.07) is 0. The number of amides is 1. The Morgan fingerprint density at radius 3 is 2.85 bits per heavy atom. The lowest BCUT2D eigenvalue weighted by Crippen LogP contribution is -2.13. The summed E-state index contributed by atoms with van der Waals surface area (Å²) in [5.41, 5.74) is 7.46. The highest BCUT2D eigenvalue weighted by Gasteiger charge is 2.17. The molecule has 0 bridgehead atoms. The number of carbonyl (C=O) groups is 1. The molecule has 0 aliphatic rings. The lowest BCUT2D eigenvalue weighted by atomic mass is 10.1. The number of hydrogen-bond acceptors (Lipinski definition) is 5. The molecule has 0 radical (unpaired) electrons. The summed E-state index contributed by atoms with van der Waals surface area (Å²) < 4.78 is 1.95. The third kappa shape index (κ3) is 2.94. The molecule has 0 unspecified atom stereocenters. The molecule has 2 N–H and O–H groups in total. The predicted molar refractivity (Wildman–Crippen MR) is 82.9 cm³/mol. The Hall–Kier alpha value is -1.60. The Labute approximate surface area is 125 Å². The Morgan fingerprint density at radius 2 is 2.30 bits per heavy atom. The SMILES string of the molecule is C=CCn1c(SCC(N)=O)nnc1-c1csc(C)c1C. The summed E-state index contributed by atoms with van der Waals surface area (Å²) in [4.78, 5) is 12.2. The monoisotopic (exact) mass is 308 g/mol. The van der Waals surface area contributed by atoms with E-state index >= 15 is 0 Å². The van der Waals surface area contributed by atoms with Crippen molar-refractivity contribution in [1.82, 2.24) is 14.8 Å². The largest absolute Gasteiger partial charge is 0.369 e. The Kier molecular flexibility index (Phi) is 4.61. The van der Waals surface area contributed by atoms with E-state index in [4.69, 9.17) is 5.73 Å². The molecule has 0 atom stereocenters. The van der Waals surface area contributed by atoms with Gasteiger partial charge in [0, 0.05) is 22.4 Å². The molecule has 2 aromatic heterocycles. The molecule has 2 heterocycles. The molecule has 106 valence electrons. The van der Waals surface area contributed by atoms with Gasteiger partial charge >= 0.3 is 0 Å². The molecule has 7 heteroatoms. The summed E-state index contributed by atoms with van der Waals surface area (Å²) in [5.74, 6) is 0.627. The van der Waals surface area contributed by atoms with Crippen LogP contribution in [0.3, 0.4) is 0 Å². The molecule has 2 rings (SSSR count). The maximum Gasteiger partial charge on any atom is 0.227 e. The van der Waals surface area contributed by atoms with Gasteiger partial charge in [0.1, 0.15) is 0 Å². The van der Waals surface area contributed by atoms with E-state index in [0.717, 1.165) is 11.4 Å². The lowest BCUT2D eigenvalue weighted by molar-refractivity contribution is -0.115. The number of aromatic nitrogens is 3. The molecule has 0 saturated heterocycles. The molecule has 20 heavy (non-hydrogen) atoms. The van der Waals surface area contributed by atoms with Crippen molar-refractivity contribution in [2.24, 2.45) is 5.73 Å². The molecule has 0 spiro atoms. The highest BCUT2D eigenvalue weighted by molar-refractivity contribution is 7.99. The van der Waals surface area contributed by atoms with E-state index < -0.39 is 0 Å². The number of aryl methyl sites for hydroxylation is 1. The average molecular weight is 308 g/mol. The topological polar surface area (TPSA) is 73.8 Å². The van der Waals surface area contributed by atoms with Crippen molar-refractivity contribution in [3.8, 4) is 11.4 Å². The van der Waals surface area contributed by atoms with Crippen molar-refractivity contribution >= 4 is 29.0 Å². The fourth-order valence-corrected chi connectivity index (χ4v) is 3.31. The van der Waals surface area contributed by atoms with Crippen LogP contribution in [0.2, 0.25) is 0 Å². The van der Waals surface area contributed by atoms with Crippen molar-refractivity contribution in [1.29, 1.82) is 0 Å². The van der Waals surface area contributed by atoms with Crippen LogP contribution < -0.4 is 5.73 Å². The van der Waals surface area contributed by atoms with E-state index in [1.807, 2.05) is 4.57 Å². The number of thioether (sulfide) groups is 1. The molecule has 0 aliphatic heterocycles. The average Bonchev–Trinajstić information content (AvgIpc) is 2.93. The molecule has 0 aromatic carbocycles. The van der Waals surface area contributed by atoms with Crippen molar-refractivity contribution in [3.05, 3.63) is 28.5 Å². The van der Waals surface area contributed by atoms with E-state index in [1.54, 1.807) is 17.4 Å². The first-order valence-corrected chi connectivity index (χ1v) is 7.91. The maximum absolute atomic E-state index is 10.9.